The van der Waals surface area contributed by atoms with E-state index in [0.717, 1.165) is 4.47 Å². The van der Waals surface area contributed by atoms with Gasteiger partial charge in [0.15, 0.2) is 9.84 Å². The smallest absolute Gasteiger partial charge is 0.305 e. The molecule has 0 aliphatic carbocycles. The van der Waals surface area contributed by atoms with Gasteiger partial charge >= 0.3 is 5.97 Å². The molecule has 6 nitrogen and oxygen atoms in total. The summed E-state index contributed by atoms with van der Waals surface area (Å²) >= 11 is 3.22. The van der Waals surface area contributed by atoms with E-state index in [1.165, 1.54) is 32.9 Å². The van der Waals surface area contributed by atoms with Crippen LogP contribution in [0.4, 0.5) is 0 Å². The van der Waals surface area contributed by atoms with Crippen molar-refractivity contribution in [2.75, 3.05) is 0 Å². The van der Waals surface area contributed by atoms with Crippen LogP contribution in [-0.4, -0.2) is 36.2 Å². The number of carboxylic acid groups (broad SMARTS) is 1. The number of amides is 1. The van der Waals surface area contributed by atoms with E-state index >= 15 is 0 Å². The molecule has 0 aromatic heterocycles. The zero-order valence-corrected chi connectivity index (χ0v) is 14.9. The van der Waals surface area contributed by atoms with Crippen LogP contribution in [0.25, 0.3) is 0 Å². The molecule has 0 saturated heterocycles. The third-order valence-corrected chi connectivity index (χ3v) is 6.15. The molecule has 1 aromatic rings. The molecular weight excluding hydrogens is 374 g/mol. The van der Waals surface area contributed by atoms with E-state index in [-0.39, 0.29) is 11.3 Å². The summed E-state index contributed by atoms with van der Waals surface area (Å²) in [5, 5.41) is 11.1. The van der Waals surface area contributed by atoms with E-state index in [1.54, 1.807) is 12.1 Å². The Bertz CT molecular complexity index is 667. The number of nitrogens with one attached hydrogen (secondary N) is 1. The van der Waals surface area contributed by atoms with Crippen LogP contribution in [-0.2, 0) is 19.4 Å². The van der Waals surface area contributed by atoms with Gasteiger partial charge in [-0.3, -0.25) is 9.59 Å². The highest BCUT2D eigenvalue weighted by molar-refractivity contribution is 9.10. The number of carbonyl (C=O) groups is 2. The summed E-state index contributed by atoms with van der Waals surface area (Å²) in [6.07, 6.45) is -0.278. The molecule has 1 unspecified atom stereocenters. The lowest BCUT2D eigenvalue weighted by atomic mass is 10.1. The fourth-order valence-corrected chi connectivity index (χ4v) is 3.39. The van der Waals surface area contributed by atoms with Gasteiger partial charge in [0.05, 0.1) is 11.3 Å². The first kappa shape index (κ1) is 18.6. The van der Waals surface area contributed by atoms with E-state index in [2.05, 4.69) is 21.2 Å². The van der Waals surface area contributed by atoms with E-state index in [9.17, 15) is 18.0 Å². The van der Waals surface area contributed by atoms with E-state index in [1.807, 2.05) is 0 Å². The quantitative estimate of drug-likeness (QED) is 0.771. The molecule has 0 aliphatic rings. The van der Waals surface area contributed by atoms with Crippen molar-refractivity contribution >= 4 is 37.6 Å². The second kappa shape index (κ2) is 6.78. The van der Waals surface area contributed by atoms with Gasteiger partial charge < -0.3 is 10.4 Å². The van der Waals surface area contributed by atoms with Crippen molar-refractivity contribution in [3.05, 3.63) is 28.7 Å². The first-order valence-corrected chi connectivity index (χ1v) is 8.79. The minimum atomic E-state index is -3.91. The van der Waals surface area contributed by atoms with Gasteiger partial charge in [0, 0.05) is 10.5 Å². The Morgan fingerprint density at radius 2 is 1.77 bits per heavy atom. The molecule has 0 radical (unpaired) electrons. The number of sulfone groups is 1. The molecule has 22 heavy (non-hydrogen) atoms. The van der Waals surface area contributed by atoms with Crippen molar-refractivity contribution in [1.82, 2.24) is 5.32 Å². The Labute approximate surface area is 138 Å². The van der Waals surface area contributed by atoms with Crippen LogP contribution in [0.1, 0.15) is 27.2 Å². The van der Waals surface area contributed by atoms with Crippen LogP contribution in [0.3, 0.4) is 0 Å². The summed E-state index contributed by atoms with van der Waals surface area (Å²) in [6, 6.07) is 5.32. The zero-order chi connectivity index (χ0) is 17.1. The molecule has 1 amide bonds. The number of hydrogen-bond acceptors (Lipinski definition) is 4. The molecule has 1 atom stereocenters. The summed E-state index contributed by atoms with van der Waals surface area (Å²) in [5.74, 6) is -1.80. The highest BCUT2D eigenvalue weighted by atomic mass is 79.9. The first-order valence-electron chi connectivity index (χ1n) is 6.51. The highest BCUT2D eigenvalue weighted by Gasteiger charge is 2.43. The summed E-state index contributed by atoms with van der Waals surface area (Å²) in [7, 11) is -3.91. The van der Waals surface area contributed by atoms with Crippen LogP contribution in [0.2, 0.25) is 0 Å². The van der Waals surface area contributed by atoms with Gasteiger partial charge in [-0.2, -0.15) is 0 Å². The normalized spacial score (nSPS) is 13.5. The Balaban J connectivity index is 3.03. The number of aliphatic carboxylic acids is 1. The van der Waals surface area contributed by atoms with Crippen LogP contribution in [0, 0.1) is 0 Å². The molecule has 8 heteroatoms. The van der Waals surface area contributed by atoms with Crippen molar-refractivity contribution in [2.24, 2.45) is 0 Å². The van der Waals surface area contributed by atoms with Crippen molar-refractivity contribution in [1.29, 1.82) is 0 Å². The lowest BCUT2D eigenvalue weighted by molar-refractivity contribution is -0.137. The minimum absolute atomic E-state index is 0.0294. The standard InChI is InChI=1S/C14H18BrNO5S/c1-9(8-12(17)18)16-13(19)14(2,3)22(20,21)11-6-4-10(15)5-7-11/h4-7,9H,8H2,1-3H3,(H,16,19)(H,17,18). The molecule has 2 N–H and O–H groups in total. The predicted octanol–water partition coefficient (Wildman–Crippen LogP) is 1.98. The van der Waals surface area contributed by atoms with Crippen molar-refractivity contribution in [2.45, 2.75) is 42.9 Å². The third-order valence-electron chi connectivity index (χ3n) is 3.20. The third kappa shape index (κ3) is 4.07. The van der Waals surface area contributed by atoms with E-state index < -0.39 is 32.5 Å². The predicted molar refractivity (Wildman–Crippen MR) is 85.3 cm³/mol. The Morgan fingerprint density at radius 3 is 2.23 bits per heavy atom. The number of rotatable bonds is 6. The molecule has 0 heterocycles. The van der Waals surface area contributed by atoms with Gasteiger partial charge in [-0.15, -0.1) is 0 Å². The molecule has 0 aliphatic heterocycles. The highest BCUT2D eigenvalue weighted by Crippen LogP contribution is 2.27. The molecular formula is C14H18BrNO5S. The van der Waals surface area contributed by atoms with Gasteiger partial charge in [0.25, 0.3) is 0 Å². The average molecular weight is 392 g/mol. The van der Waals surface area contributed by atoms with Crippen LogP contribution in [0.5, 0.6) is 0 Å². The second-order valence-electron chi connectivity index (χ2n) is 5.44. The summed E-state index contributed by atoms with van der Waals surface area (Å²) in [5.41, 5.74) is 0. The molecule has 0 spiro atoms. The molecule has 0 bridgehead atoms. The molecule has 122 valence electrons. The van der Waals surface area contributed by atoms with Gasteiger partial charge in [0.2, 0.25) is 5.91 Å². The minimum Gasteiger partial charge on any atom is -0.481 e. The number of halogens is 1. The van der Waals surface area contributed by atoms with Crippen LogP contribution >= 0.6 is 15.9 Å². The zero-order valence-electron chi connectivity index (χ0n) is 12.5. The number of carboxylic acids is 1. The first-order chi connectivity index (χ1) is 9.98. The molecule has 1 rings (SSSR count). The Hall–Kier alpha value is -1.41. The maximum absolute atomic E-state index is 12.6. The van der Waals surface area contributed by atoms with Gasteiger partial charge in [-0.05, 0) is 45.0 Å². The van der Waals surface area contributed by atoms with Crippen molar-refractivity contribution in [3.8, 4) is 0 Å². The van der Waals surface area contributed by atoms with E-state index in [4.69, 9.17) is 5.11 Å². The number of benzene rings is 1. The largest absolute Gasteiger partial charge is 0.481 e. The Morgan fingerprint density at radius 1 is 1.27 bits per heavy atom. The van der Waals surface area contributed by atoms with Gasteiger partial charge in [0.1, 0.15) is 4.75 Å². The molecule has 1 aromatic carbocycles. The lowest BCUT2D eigenvalue weighted by Crippen LogP contribution is -2.50. The van der Waals surface area contributed by atoms with Crippen molar-refractivity contribution in [3.63, 3.8) is 0 Å². The summed E-state index contributed by atoms with van der Waals surface area (Å²) in [6.45, 7) is 4.11. The Kier molecular flexibility index (Phi) is 5.75. The lowest BCUT2D eigenvalue weighted by Gasteiger charge is -2.25. The fraction of sp³-hybridized carbons (Fsp3) is 0.429. The van der Waals surface area contributed by atoms with Crippen LogP contribution < -0.4 is 5.32 Å². The monoisotopic (exact) mass is 391 g/mol. The van der Waals surface area contributed by atoms with Gasteiger partial charge in [-0.1, -0.05) is 15.9 Å². The average Bonchev–Trinajstić information content (AvgIpc) is 2.37. The number of hydrogen-bond donors (Lipinski definition) is 2. The maximum atomic E-state index is 12.6. The van der Waals surface area contributed by atoms with E-state index in [0.29, 0.717) is 0 Å². The SMILES string of the molecule is CC(CC(=O)O)NC(=O)C(C)(C)S(=O)(=O)c1ccc(Br)cc1. The maximum Gasteiger partial charge on any atom is 0.305 e. The van der Waals surface area contributed by atoms with Crippen LogP contribution in [0.15, 0.2) is 33.6 Å². The molecule has 0 saturated carbocycles. The second-order valence-corrected chi connectivity index (χ2v) is 8.85. The van der Waals surface area contributed by atoms with Gasteiger partial charge in [-0.25, -0.2) is 8.42 Å². The number of carbonyl (C=O) groups excluding carboxylic acids is 1. The summed E-state index contributed by atoms with van der Waals surface area (Å²) < 4.78 is 24.2. The molecule has 0 fully saturated rings. The summed E-state index contributed by atoms with van der Waals surface area (Å²) in [4.78, 5) is 22.9. The van der Waals surface area contributed by atoms with Crippen molar-refractivity contribution < 1.29 is 23.1 Å². The topological polar surface area (TPSA) is 101 Å². The fourth-order valence-electron chi connectivity index (χ4n) is 1.74.